The molecular weight excluding hydrogens is 309 g/mol. The van der Waals surface area contributed by atoms with Crippen molar-refractivity contribution in [2.24, 2.45) is 0 Å². The highest BCUT2D eigenvalue weighted by Gasteiger charge is 2.16. The molecule has 1 N–H and O–H groups in total. The van der Waals surface area contributed by atoms with Crippen molar-refractivity contribution in [3.63, 3.8) is 0 Å². The average molecular weight is 325 g/mol. The smallest absolute Gasteiger partial charge is 0.226 e. The maximum atomic E-state index is 13.1. The molecule has 0 atom stereocenters. The first kappa shape index (κ1) is 17.2. The summed E-state index contributed by atoms with van der Waals surface area (Å²) in [5.74, 6) is -1.06. The van der Waals surface area contributed by atoms with Gasteiger partial charge in [-0.2, -0.15) is 5.26 Å². The summed E-state index contributed by atoms with van der Waals surface area (Å²) >= 11 is 0. The van der Waals surface area contributed by atoms with Gasteiger partial charge in [-0.1, -0.05) is 18.2 Å². The Kier molecular flexibility index (Phi) is 5.63. The zero-order valence-corrected chi connectivity index (χ0v) is 13.1. The van der Waals surface area contributed by atoms with Crippen LogP contribution < -0.4 is 10.2 Å². The third kappa shape index (κ3) is 4.40. The van der Waals surface area contributed by atoms with E-state index in [1.165, 1.54) is 30.0 Å². The fraction of sp³-hybridized carbons (Fsp3) is 0.167. The number of nitrogens with one attached hydrogen (secondary N) is 1. The zero-order chi connectivity index (χ0) is 17.5. The molecule has 2 aromatic rings. The van der Waals surface area contributed by atoms with E-state index in [1.54, 1.807) is 30.3 Å². The van der Waals surface area contributed by atoms with Crippen LogP contribution in [0.4, 0.5) is 15.8 Å². The minimum atomic E-state index is -0.443. The maximum Gasteiger partial charge on any atom is 0.226 e. The van der Waals surface area contributed by atoms with Crippen molar-refractivity contribution in [2.75, 3.05) is 16.8 Å². The highest BCUT2D eigenvalue weighted by Crippen LogP contribution is 2.20. The summed E-state index contributed by atoms with van der Waals surface area (Å²) < 4.78 is 13.1. The molecule has 24 heavy (non-hydrogen) atoms. The lowest BCUT2D eigenvalue weighted by Crippen LogP contribution is -2.32. The second-order valence-corrected chi connectivity index (χ2v) is 5.11. The first-order chi connectivity index (χ1) is 11.5. The van der Waals surface area contributed by atoms with Crippen LogP contribution >= 0.6 is 0 Å². The molecule has 0 aromatic heterocycles. The van der Waals surface area contributed by atoms with Gasteiger partial charge < -0.3 is 10.2 Å². The molecular formula is C18H16FN3O2. The van der Waals surface area contributed by atoms with E-state index in [0.717, 1.165) is 0 Å². The molecule has 0 saturated heterocycles. The summed E-state index contributed by atoms with van der Waals surface area (Å²) in [4.78, 5) is 25.2. The molecule has 0 saturated carbocycles. The van der Waals surface area contributed by atoms with Gasteiger partial charge in [-0.05, 0) is 30.3 Å². The third-order valence-electron chi connectivity index (χ3n) is 3.37. The van der Waals surface area contributed by atoms with Crippen LogP contribution in [-0.2, 0) is 9.59 Å². The van der Waals surface area contributed by atoms with Crippen molar-refractivity contribution in [1.82, 2.24) is 0 Å². The molecule has 0 unspecified atom stereocenters. The molecule has 122 valence electrons. The maximum absolute atomic E-state index is 13.1. The Labute approximate surface area is 139 Å². The lowest BCUT2D eigenvalue weighted by molar-refractivity contribution is -0.117. The van der Waals surface area contributed by atoms with Crippen LogP contribution in [0.1, 0.15) is 18.9 Å². The van der Waals surface area contributed by atoms with E-state index >= 15 is 0 Å². The number of hydrogen-bond donors (Lipinski definition) is 1. The second kappa shape index (κ2) is 7.88. The van der Waals surface area contributed by atoms with Gasteiger partial charge in [-0.25, -0.2) is 4.39 Å². The van der Waals surface area contributed by atoms with Crippen LogP contribution in [0.3, 0.4) is 0 Å². The van der Waals surface area contributed by atoms with Gasteiger partial charge in [0.1, 0.15) is 11.9 Å². The summed E-state index contributed by atoms with van der Waals surface area (Å²) in [5.41, 5.74) is 1.18. The van der Waals surface area contributed by atoms with Crippen molar-refractivity contribution >= 4 is 23.2 Å². The number of nitrogens with zero attached hydrogens (tertiary/aromatic N) is 2. The van der Waals surface area contributed by atoms with Crippen molar-refractivity contribution in [1.29, 1.82) is 5.26 Å². The number of rotatable bonds is 5. The SMILES string of the molecule is CC(=O)N(CCC(=O)Nc1cccc(F)c1)c1ccccc1C#N. The van der Waals surface area contributed by atoms with Crippen LogP contribution in [0.25, 0.3) is 0 Å². The minimum Gasteiger partial charge on any atom is -0.326 e. The first-order valence-corrected chi connectivity index (χ1v) is 7.34. The van der Waals surface area contributed by atoms with Crippen LogP contribution in [0.5, 0.6) is 0 Å². The van der Waals surface area contributed by atoms with Crippen LogP contribution in [-0.4, -0.2) is 18.4 Å². The van der Waals surface area contributed by atoms with Crippen molar-refractivity contribution in [2.45, 2.75) is 13.3 Å². The number of para-hydroxylation sites is 1. The Morgan fingerprint density at radius 1 is 1.21 bits per heavy atom. The number of amides is 2. The number of benzene rings is 2. The third-order valence-corrected chi connectivity index (χ3v) is 3.37. The molecule has 2 aromatic carbocycles. The molecule has 2 rings (SSSR count). The number of hydrogen-bond acceptors (Lipinski definition) is 3. The Bertz CT molecular complexity index is 799. The lowest BCUT2D eigenvalue weighted by Gasteiger charge is -2.22. The lowest BCUT2D eigenvalue weighted by atomic mass is 10.1. The van der Waals surface area contributed by atoms with Crippen LogP contribution in [0.15, 0.2) is 48.5 Å². The van der Waals surface area contributed by atoms with Gasteiger partial charge >= 0.3 is 0 Å². The van der Waals surface area contributed by atoms with Crippen molar-refractivity contribution < 1.29 is 14.0 Å². The van der Waals surface area contributed by atoms with Gasteiger partial charge in [0.2, 0.25) is 11.8 Å². The number of halogens is 1. The molecule has 0 aliphatic carbocycles. The van der Waals surface area contributed by atoms with E-state index in [2.05, 4.69) is 5.32 Å². The van der Waals surface area contributed by atoms with E-state index in [-0.39, 0.29) is 24.8 Å². The van der Waals surface area contributed by atoms with Gasteiger partial charge in [-0.15, -0.1) is 0 Å². The number of nitriles is 1. The normalized spacial score (nSPS) is 9.88. The Balaban J connectivity index is 2.05. The Morgan fingerprint density at radius 3 is 2.62 bits per heavy atom. The van der Waals surface area contributed by atoms with Crippen molar-refractivity contribution in [3.05, 3.63) is 59.9 Å². The first-order valence-electron chi connectivity index (χ1n) is 7.34. The number of carbonyl (C=O) groups excluding carboxylic acids is 2. The molecule has 5 nitrogen and oxygen atoms in total. The monoisotopic (exact) mass is 325 g/mol. The Morgan fingerprint density at radius 2 is 1.96 bits per heavy atom. The summed E-state index contributed by atoms with van der Waals surface area (Å²) in [6.07, 6.45) is 0.0237. The highest BCUT2D eigenvalue weighted by atomic mass is 19.1. The molecule has 0 aliphatic rings. The fourth-order valence-corrected chi connectivity index (χ4v) is 2.25. The van der Waals surface area contributed by atoms with E-state index in [9.17, 15) is 14.0 Å². The summed E-state index contributed by atoms with van der Waals surface area (Å²) in [6, 6.07) is 14.3. The van der Waals surface area contributed by atoms with Crippen molar-refractivity contribution in [3.8, 4) is 6.07 Å². The molecule has 0 bridgehead atoms. The van der Waals surface area contributed by atoms with Gasteiger partial charge in [0.25, 0.3) is 0 Å². The highest BCUT2D eigenvalue weighted by molar-refractivity contribution is 5.95. The standard InChI is InChI=1S/C18H16FN3O2/c1-13(23)22(17-8-3-2-5-14(17)12-20)10-9-18(24)21-16-7-4-6-15(19)11-16/h2-8,11H,9-10H2,1H3,(H,21,24). The quantitative estimate of drug-likeness (QED) is 0.918. The van der Waals surface area contributed by atoms with Gasteiger partial charge in [-0.3, -0.25) is 9.59 Å². The van der Waals surface area contributed by atoms with Gasteiger partial charge in [0.15, 0.2) is 0 Å². The molecule has 0 aliphatic heterocycles. The van der Waals surface area contributed by atoms with Gasteiger partial charge in [0, 0.05) is 25.6 Å². The molecule has 6 heteroatoms. The predicted octanol–water partition coefficient (Wildman–Crippen LogP) is 3.08. The Hall–Kier alpha value is -3.20. The molecule has 0 radical (unpaired) electrons. The van der Waals surface area contributed by atoms with E-state index in [4.69, 9.17) is 5.26 Å². The average Bonchev–Trinajstić information content (AvgIpc) is 2.55. The molecule has 2 amide bonds. The largest absolute Gasteiger partial charge is 0.326 e. The minimum absolute atomic E-state index is 0.0237. The summed E-state index contributed by atoms with van der Waals surface area (Å²) in [5, 5.41) is 11.7. The van der Waals surface area contributed by atoms with E-state index in [1.807, 2.05) is 6.07 Å². The zero-order valence-electron chi connectivity index (χ0n) is 13.1. The predicted molar refractivity (Wildman–Crippen MR) is 88.8 cm³/mol. The van der Waals surface area contributed by atoms with E-state index in [0.29, 0.717) is 16.9 Å². The van der Waals surface area contributed by atoms with Crippen LogP contribution in [0, 0.1) is 17.1 Å². The summed E-state index contributed by atoms with van der Waals surface area (Å²) in [7, 11) is 0. The second-order valence-electron chi connectivity index (χ2n) is 5.11. The topological polar surface area (TPSA) is 73.2 Å². The molecule has 0 spiro atoms. The molecule has 0 fully saturated rings. The fourth-order valence-electron chi connectivity index (χ4n) is 2.25. The van der Waals surface area contributed by atoms with Gasteiger partial charge in [0.05, 0.1) is 11.3 Å². The molecule has 0 heterocycles. The van der Waals surface area contributed by atoms with E-state index < -0.39 is 5.82 Å². The number of anilines is 2. The van der Waals surface area contributed by atoms with Crippen LogP contribution in [0.2, 0.25) is 0 Å². The summed E-state index contributed by atoms with van der Waals surface area (Å²) in [6.45, 7) is 1.49. The number of carbonyl (C=O) groups is 2.